The number of hydrogen-bond acceptors (Lipinski definition) is 3. The summed E-state index contributed by atoms with van der Waals surface area (Å²) in [5.41, 5.74) is 9.09. The monoisotopic (exact) mass is 245 g/mol. The number of nitrogens with one attached hydrogen (secondary N) is 1. The van der Waals surface area contributed by atoms with Crippen LogP contribution in [0.2, 0.25) is 0 Å². The van der Waals surface area contributed by atoms with Crippen LogP contribution in [-0.4, -0.2) is 23.4 Å². The van der Waals surface area contributed by atoms with Crippen molar-refractivity contribution in [1.29, 1.82) is 0 Å². The first-order valence-electron chi connectivity index (χ1n) is 6.61. The first kappa shape index (κ1) is 11.4. The van der Waals surface area contributed by atoms with Crippen LogP contribution in [0.15, 0.2) is 18.2 Å². The summed E-state index contributed by atoms with van der Waals surface area (Å²) >= 11 is 0. The molecule has 0 saturated carbocycles. The minimum absolute atomic E-state index is 0.146. The van der Waals surface area contributed by atoms with Gasteiger partial charge in [-0.3, -0.25) is 4.79 Å². The van der Waals surface area contributed by atoms with Crippen molar-refractivity contribution in [3.8, 4) is 0 Å². The second-order valence-electron chi connectivity index (χ2n) is 5.30. The highest BCUT2D eigenvalue weighted by molar-refractivity contribution is 5.80. The molecule has 0 spiro atoms. The van der Waals surface area contributed by atoms with E-state index < -0.39 is 0 Å². The zero-order valence-corrected chi connectivity index (χ0v) is 10.6. The van der Waals surface area contributed by atoms with Gasteiger partial charge in [-0.05, 0) is 31.9 Å². The van der Waals surface area contributed by atoms with Crippen LogP contribution < -0.4 is 11.1 Å². The number of nitrogen functional groups attached to an aromatic ring is 1. The molecule has 0 bridgehead atoms. The summed E-state index contributed by atoms with van der Waals surface area (Å²) in [7, 11) is 0. The summed E-state index contributed by atoms with van der Waals surface area (Å²) in [5.74, 6) is 0.267. The lowest BCUT2D eigenvalue weighted by Crippen LogP contribution is -2.37. The number of likely N-dealkylation sites (tertiary alicyclic amines) is 1. The molecule has 1 saturated heterocycles. The van der Waals surface area contributed by atoms with Gasteiger partial charge in [0.1, 0.15) is 0 Å². The van der Waals surface area contributed by atoms with E-state index in [9.17, 15) is 4.79 Å². The van der Waals surface area contributed by atoms with Gasteiger partial charge < -0.3 is 16.0 Å². The number of carbonyl (C=O) groups excluding carboxylic acids is 1. The first-order valence-corrected chi connectivity index (χ1v) is 6.61. The standard InChI is InChI=1S/C14H19N3O/c1-9-8-12(17-7-3-6-13(17)18)14-10(15)4-2-5-11(14)16-9/h2,4-5,9,12,16H,3,6-8,15H2,1H3. The van der Waals surface area contributed by atoms with Crippen molar-refractivity contribution in [3.05, 3.63) is 23.8 Å². The van der Waals surface area contributed by atoms with Crippen molar-refractivity contribution >= 4 is 17.3 Å². The molecule has 2 unspecified atom stereocenters. The second-order valence-corrected chi connectivity index (χ2v) is 5.30. The predicted octanol–water partition coefficient (Wildman–Crippen LogP) is 2.14. The highest BCUT2D eigenvalue weighted by Crippen LogP contribution is 2.41. The second kappa shape index (κ2) is 4.19. The molecule has 2 atom stereocenters. The molecule has 2 aliphatic heterocycles. The van der Waals surface area contributed by atoms with E-state index in [0.29, 0.717) is 12.5 Å². The Morgan fingerprint density at radius 1 is 1.44 bits per heavy atom. The predicted molar refractivity (Wildman–Crippen MR) is 72.2 cm³/mol. The molecule has 4 heteroatoms. The molecular formula is C14H19N3O. The number of anilines is 2. The summed E-state index contributed by atoms with van der Waals surface area (Å²) in [6.45, 7) is 3.02. The van der Waals surface area contributed by atoms with Gasteiger partial charge in [-0.15, -0.1) is 0 Å². The van der Waals surface area contributed by atoms with Gasteiger partial charge in [-0.1, -0.05) is 6.07 Å². The van der Waals surface area contributed by atoms with Crippen LogP contribution in [0.4, 0.5) is 11.4 Å². The number of rotatable bonds is 1. The van der Waals surface area contributed by atoms with Gasteiger partial charge in [-0.2, -0.15) is 0 Å². The lowest BCUT2D eigenvalue weighted by atomic mass is 9.91. The normalized spacial score (nSPS) is 26.9. The fourth-order valence-electron chi connectivity index (χ4n) is 3.14. The van der Waals surface area contributed by atoms with Gasteiger partial charge in [0.2, 0.25) is 5.91 Å². The summed E-state index contributed by atoms with van der Waals surface area (Å²) < 4.78 is 0. The summed E-state index contributed by atoms with van der Waals surface area (Å²) in [4.78, 5) is 14.0. The van der Waals surface area contributed by atoms with Crippen LogP contribution in [0.5, 0.6) is 0 Å². The molecule has 3 rings (SSSR count). The molecule has 1 fully saturated rings. The summed E-state index contributed by atoms with van der Waals surface area (Å²) in [6, 6.07) is 6.45. The van der Waals surface area contributed by atoms with Crippen LogP contribution in [0.1, 0.15) is 37.8 Å². The van der Waals surface area contributed by atoms with E-state index in [0.717, 1.165) is 36.3 Å². The van der Waals surface area contributed by atoms with Crippen LogP contribution in [0, 0.1) is 0 Å². The lowest BCUT2D eigenvalue weighted by molar-refractivity contribution is -0.130. The van der Waals surface area contributed by atoms with Crippen molar-refractivity contribution in [1.82, 2.24) is 4.90 Å². The molecule has 1 aromatic carbocycles. The molecular weight excluding hydrogens is 226 g/mol. The fraction of sp³-hybridized carbons (Fsp3) is 0.500. The van der Waals surface area contributed by atoms with Crippen LogP contribution >= 0.6 is 0 Å². The zero-order valence-electron chi connectivity index (χ0n) is 10.6. The van der Waals surface area contributed by atoms with E-state index >= 15 is 0 Å². The SMILES string of the molecule is CC1CC(N2CCCC2=O)c2c(N)cccc2N1. The van der Waals surface area contributed by atoms with Gasteiger partial charge in [0.15, 0.2) is 0 Å². The molecule has 1 aromatic rings. The maximum absolute atomic E-state index is 12.0. The van der Waals surface area contributed by atoms with Gasteiger partial charge in [0, 0.05) is 35.9 Å². The van der Waals surface area contributed by atoms with E-state index in [2.05, 4.69) is 18.3 Å². The van der Waals surface area contributed by atoms with Gasteiger partial charge in [0.05, 0.1) is 6.04 Å². The Morgan fingerprint density at radius 3 is 3.00 bits per heavy atom. The third kappa shape index (κ3) is 1.72. The summed E-state index contributed by atoms with van der Waals surface area (Å²) in [5, 5.41) is 3.45. The summed E-state index contributed by atoms with van der Waals surface area (Å²) in [6.07, 6.45) is 2.59. The highest BCUT2D eigenvalue weighted by atomic mass is 16.2. The molecule has 2 heterocycles. The van der Waals surface area contributed by atoms with Gasteiger partial charge in [-0.25, -0.2) is 0 Å². The van der Waals surface area contributed by atoms with Crippen molar-refractivity contribution in [3.63, 3.8) is 0 Å². The molecule has 4 nitrogen and oxygen atoms in total. The van der Waals surface area contributed by atoms with E-state index in [1.165, 1.54) is 0 Å². The van der Waals surface area contributed by atoms with Crippen molar-refractivity contribution in [2.24, 2.45) is 0 Å². The van der Waals surface area contributed by atoms with Crippen LogP contribution in [-0.2, 0) is 4.79 Å². The number of benzene rings is 1. The largest absolute Gasteiger partial charge is 0.398 e. The average Bonchev–Trinajstić information content (AvgIpc) is 2.74. The maximum Gasteiger partial charge on any atom is 0.223 e. The topological polar surface area (TPSA) is 58.4 Å². The number of amides is 1. The Bertz CT molecular complexity index is 486. The lowest BCUT2D eigenvalue weighted by Gasteiger charge is -2.37. The Hall–Kier alpha value is -1.71. The maximum atomic E-state index is 12.0. The van der Waals surface area contributed by atoms with E-state index in [1.807, 2.05) is 17.0 Å². The number of nitrogens with two attached hydrogens (primary N) is 1. The molecule has 0 radical (unpaired) electrons. The molecule has 0 aliphatic carbocycles. The molecule has 0 aromatic heterocycles. The first-order chi connectivity index (χ1) is 8.66. The minimum Gasteiger partial charge on any atom is -0.398 e. The minimum atomic E-state index is 0.146. The molecule has 2 aliphatic rings. The Balaban J connectivity index is 2.03. The van der Waals surface area contributed by atoms with E-state index in [1.54, 1.807) is 0 Å². The molecule has 1 amide bonds. The third-order valence-corrected chi connectivity index (χ3v) is 3.94. The number of fused-ring (bicyclic) bond motifs is 1. The van der Waals surface area contributed by atoms with Gasteiger partial charge in [0.25, 0.3) is 0 Å². The fourth-order valence-corrected chi connectivity index (χ4v) is 3.14. The molecule has 18 heavy (non-hydrogen) atoms. The Labute approximate surface area is 107 Å². The number of nitrogens with zero attached hydrogens (tertiary/aromatic N) is 1. The van der Waals surface area contributed by atoms with Crippen molar-refractivity contribution in [2.45, 2.75) is 38.3 Å². The smallest absolute Gasteiger partial charge is 0.223 e. The highest BCUT2D eigenvalue weighted by Gasteiger charge is 2.35. The van der Waals surface area contributed by atoms with Crippen LogP contribution in [0.25, 0.3) is 0 Å². The molecule has 96 valence electrons. The van der Waals surface area contributed by atoms with Crippen molar-refractivity contribution in [2.75, 3.05) is 17.6 Å². The van der Waals surface area contributed by atoms with E-state index in [-0.39, 0.29) is 11.9 Å². The quantitative estimate of drug-likeness (QED) is 0.745. The zero-order chi connectivity index (χ0) is 12.7. The molecule has 3 N–H and O–H groups in total. The van der Waals surface area contributed by atoms with Gasteiger partial charge >= 0.3 is 0 Å². The van der Waals surface area contributed by atoms with E-state index in [4.69, 9.17) is 5.73 Å². The number of carbonyl (C=O) groups is 1. The Morgan fingerprint density at radius 2 is 2.28 bits per heavy atom. The van der Waals surface area contributed by atoms with Crippen LogP contribution in [0.3, 0.4) is 0 Å². The van der Waals surface area contributed by atoms with Crippen molar-refractivity contribution < 1.29 is 4.79 Å². The Kier molecular flexibility index (Phi) is 2.65. The number of hydrogen-bond donors (Lipinski definition) is 2. The average molecular weight is 245 g/mol. The third-order valence-electron chi connectivity index (χ3n) is 3.94.